The van der Waals surface area contributed by atoms with Crippen molar-refractivity contribution in [2.75, 3.05) is 13.2 Å². The zero-order chi connectivity index (χ0) is 12.3. The molecule has 1 fully saturated rings. The lowest BCUT2D eigenvalue weighted by atomic mass is 9.90. The highest BCUT2D eigenvalue weighted by atomic mass is 35.5. The monoisotopic (exact) mass is 257 g/mol. The minimum Gasteiger partial charge on any atom is -0.381 e. The average molecular weight is 258 g/mol. The first-order valence-electron chi connectivity index (χ1n) is 5.94. The molecule has 0 bridgehead atoms. The Bertz CT molecular complexity index is 380. The summed E-state index contributed by atoms with van der Waals surface area (Å²) in [7, 11) is 0. The van der Waals surface area contributed by atoms with Gasteiger partial charge in [-0.05, 0) is 48.9 Å². The highest BCUT2D eigenvalue weighted by Crippen LogP contribution is 2.23. The van der Waals surface area contributed by atoms with Gasteiger partial charge in [0.25, 0.3) is 0 Å². The van der Waals surface area contributed by atoms with Crippen molar-refractivity contribution in [1.29, 1.82) is 0 Å². The summed E-state index contributed by atoms with van der Waals surface area (Å²) in [6.45, 7) is 1.53. The third kappa shape index (κ3) is 3.41. The molecule has 2 unspecified atom stereocenters. The van der Waals surface area contributed by atoms with E-state index in [1.165, 1.54) is 12.1 Å². The Labute approximate surface area is 106 Å². The van der Waals surface area contributed by atoms with Crippen LogP contribution in [0, 0.1) is 11.7 Å². The summed E-state index contributed by atoms with van der Waals surface area (Å²) in [6, 6.07) is 4.39. The molecule has 1 aromatic rings. The van der Waals surface area contributed by atoms with Gasteiger partial charge in [0, 0.05) is 17.7 Å². The maximum atomic E-state index is 13.1. The molecule has 0 amide bonds. The van der Waals surface area contributed by atoms with Crippen LogP contribution in [-0.2, 0) is 11.2 Å². The predicted octanol–water partition coefficient (Wildman–Crippen LogP) is 2.78. The molecule has 1 aliphatic heterocycles. The molecule has 1 heterocycles. The Morgan fingerprint density at radius 2 is 2.35 bits per heavy atom. The van der Waals surface area contributed by atoms with Gasteiger partial charge in [0.05, 0.1) is 6.61 Å². The Hall–Kier alpha value is -0.640. The lowest BCUT2D eigenvalue weighted by Gasteiger charge is -2.27. The molecule has 0 aliphatic carbocycles. The summed E-state index contributed by atoms with van der Waals surface area (Å²) in [5.74, 6) is 0.0829. The van der Waals surface area contributed by atoms with Crippen LogP contribution in [0.2, 0.25) is 5.02 Å². The van der Waals surface area contributed by atoms with Crippen molar-refractivity contribution in [2.24, 2.45) is 11.7 Å². The van der Waals surface area contributed by atoms with Crippen LogP contribution in [0.3, 0.4) is 0 Å². The lowest BCUT2D eigenvalue weighted by Crippen LogP contribution is -2.37. The van der Waals surface area contributed by atoms with E-state index in [0.29, 0.717) is 24.0 Å². The van der Waals surface area contributed by atoms with Crippen molar-refractivity contribution < 1.29 is 9.13 Å². The third-order valence-electron chi connectivity index (χ3n) is 3.26. The molecule has 1 aliphatic rings. The molecule has 17 heavy (non-hydrogen) atoms. The minimum atomic E-state index is -0.267. The number of benzene rings is 1. The molecule has 0 radical (unpaired) electrons. The smallest absolute Gasteiger partial charge is 0.123 e. The second kappa shape index (κ2) is 5.80. The van der Waals surface area contributed by atoms with Gasteiger partial charge in [-0.25, -0.2) is 4.39 Å². The van der Waals surface area contributed by atoms with Crippen molar-refractivity contribution in [2.45, 2.75) is 25.3 Å². The SMILES string of the molecule is NC(Cc1cc(F)ccc1Cl)C1CCCOC1. The Balaban J connectivity index is 2.01. The highest BCUT2D eigenvalue weighted by molar-refractivity contribution is 6.31. The van der Waals surface area contributed by atoms with E-state index in [-0.39, 0.29) is 11.9 Å². The summed E-state index contributed by atoms with van der Waals surface area (Å²) in [4.78, 5) is 0. The summed E-state index contributed by atoms with van der Waals surface area (Å²) in [6.07, 6.45) is 2.73. The van der Waals surface area contributed by atoms with Crippen LogP contribution < -0.4 is 5.73 Å². The molecule has 1 aromatic carbocycles. The van der Waals surface area contributed by atoms with E-state index in [9.17, 15) is 4.39 Å². The van der Waals surface area contributed by atoms with Gasteiger partial charge in [0.1, 0.15) is 5.82 Å². The summed E-state index contributed by atoms with van der Waals surface area (Å²) in [5.41, 5.74) is 6.92. The first-order chi connectivity index (χ1) is 8.16. The average Bonchev–Trinajstić information content (AvgIpc) is 2.35. The van der Waals surface area contributed by atoms with Crippen molar-refractivity contribution in [3.8, 4) is 0 Å². The van der Waals surface area contributed by atoms with Crippen molar-refractivity contribution in [1.82, 2.24) is 0 Å². The number of hydrogen-bond donors (Lipinski definition) is 1. The molecule has 1 saturated heterocycles. The van der Waals surface area contributed by atoms with Crippen LogP contribution in [0.25, 0.3) is 0 Å². The second-order valence-corrected chi connectivity index (χ2v) is 4.99. The predicted molar refractivity (Wildman–Crippen MR) is 66.6 cm³/mol. The number of ether oxygens (including phenoxy) is 1. The van der Waals surface area contributed by atoms with Gasteiger partial charge < -0.3 is 10.5 Å². The van der Waals surface area contributed by atoms with Crippen LogP contribution in [0.5, 0.6) is 0 Å². The standard InChI is InChI=1S/C13H17ClFNO/c14-12-4-3-11(15)6-10(12)7-13(16)9-2-1-5-17-8-9/h3-4,6,9,13H,1-2,5,7-8,16H2. The molecule has 2 N–H and O–H groups in total. The van der Waals surface area contributed by atoms with Crippen LogP contribution in [0.4, 0.5) is 4.39 Å². The molecule has 2 nitrogen and oxygen atoms in total. The molecule has 2 rings (SSSR count). The molecule has 2 atom stereocenters. The molecule has 94 valence electrons. The Morgan fingerprint density at radius 1 is 1.53 bits per heavy atom. The minimum absolute atomic E-state index is 0.0189. The van der Waals surface area contributed by atoms with E-state index in [1.54, 1.807) is 6.07 Å². The number of rotatable bonds is 3. The van der Waals surface area contributed by atoms with E-state index in [4.69, 9.17) is 22.1 Å². The number of nitrogens with two attached hydrogens (primary N) is 1. The molecule has 0 spiro atoms. The van der Waals surface area contributed by atoms with Crippen LogP contribution in [-0.4, -0.2) is 19.3 Å². The zero-order valence-electron chi connectivity index (χ0n) is 9.66. The number of halogens is 2. The van der Waals surface area contributed by atoms with Crippen LogP contribution in [0.1, 0.15) is 18.4 Å². The van der Waals surface area contributed by atoms with Crippen molar-refractivity contribution in [3.05, 3.63) is 34.6 Å². The molecule has 0 aromatic heterocycles. The molecular formula is C13H17ClFNO. The van der Waals surface area contributed by atoms with E-state index < -0.39 is 0 Å². The quantitative estimate of drug-likeness (QED) is 0.904. The van der Waals surface area contributed by atoms with Gasteiger partial charge in [-0.15, -0.1) is 0 Å². The summed E-state index contributed by atoms with van der Waals surface area (Å²) >= 11 is 6.03. The summed E-state index contributed by atoms with van der Waals surface area (Å²) < 4.78 is 18.5. The second-order valence-electron chi connectivity index (χ2n) is 4.58. The molecular weight excluding hydrogens is 241 g/mol. The maximum Gasteiger partial charge on any atom is 0.123 e. The highest BCUT2D eigenvalue weighted by Gasteiger charge is 2.22. The normalized spacial score (nSPS) is 22.4. The van der Waals surface area contributed by atoms with Crippen molar-refractivity contribution in [3.63, 3.8) is 0 Å². The van der Waals surface area contributed by atoms with Gasteiger partial charge in [-0.2, -0.15) is 0 Å². The zero-order valence-corrected chi connectivity index (χ0v) is 10.4. The third-order valence-corrected chi connectivity index (χ3v) is 3.63. The first-order valence-corrected chi connectivity index (χ1v) is 6.32. The fourth-order valence-electron chi connectivity index (χ4n) is 2.22. The van der Waals surface area contributed by atoms with Gasteiger partial charge in [0.15, 0.2) is 0 Å². The van der Waals surface area contributed by atoms with E-state index in [0.717, 1.165) is 25.0 Å². The Morgan fingerprint density at radius 3 is 3.06 bits per heavy atom. The van der Waals surface area contributed by atoms with Crippen LogP contribution >= 0.6 is 11.6 Å². The summed E-state index contributed by atoms with van der Waals surface area (Å²) in [5, 5.41) is 0.582. The van der Waals surface area contributed by atoms with E-state index >= 15 is 0 Å². The van der Waals surface area contributed by atoms with E-state index in [1.807, 2.05) is 0 Å². The molecule has 0 saturated carbocycles. The topological polar surface area (TPSA) is 35.2 Å². The Kier molecular flexibility index (Phi) is 4.37. The van der Waals surface area contributed by atoms with Gasteiger partial charge >= 0.3 is 0 Å². The maximum absolute atomic E-state index is 13.1. The van der Waals surface area contributed by atoms with Gasteiger partial charge in [-0.1, -0.05) is 11.6 Å². The van der Waals surface area contributed by atoms with Gasteiger partial charge in [-0.3, -0.25) is 0 Å². The first kappa shape index (κ1) is 12.8. The van der Waals surface area contributed by atoms with Crippen LogP contribution in [0.15, 0.2) is 18.2 Å². The molecule has 4 heteroatoms. The fraction of sp³-hybridized carbons (Fsp3) is 0.538. The lowest BCUT2D eigenvalue weighted by molar-refractivity contribution is 0.0450. The van der Waals surface area contributed by atoms with Gasteiger partial charge in [0.2, 0.25) is 0 Å². The van der Waals surface area contributed by atoms with E-state index in [2.05, 4.69) is 0 Å². The largest absolute Gasteiger partial charge is 0.381 e. The number of hydrogen-bond acceptors (Lipinski definition) is 2. The van der Waals surface area contributed by atoms with Crippen molar-refractivity contribution >= 4 is 11.6 Å². The fourth-order valence-corrected chi connectivity index (χ4v) is 2.42.